The van der Waals surface area contributed by atoms with E-state index in [1.165, 1.54) is 0 Å². The van der Waals surface area contributed by atoms with Gasteiger partial charge >= 0.3 is 0 Å². The summed E-state index contributed by atoms with van der Waals surface area (Å²) in [5.74, 6) is 0.477. The second kappa shape index (κ2) is 5.87. The molecule has 1 fully saturated rings. The quantitative estimate of drug-likeness (QED) is 0.926. The monoisotopic (exact) mass is 305 g/mol. The maximum atomic E-state index is 12.4. The van der Waals surface area contributed by atoms with Crippen LogP contribution in [-0.4, -0.2) is 41.6 Å². The van der Waals surface area contributed by atoms with Crippen molar-refractivity contribution in [3.63, 3.8) is 0 Å². The maximum absolute atomic E-state index is 12.4. The summed E-state index contributed by atoms with van der Waals surface area (Å²) in [5, 5.41) is 7.86. The summed E-state index contributed by atoms with van der Waals surface area (Å²) in [6.07, 6.45) is 0. The van der Waals surface area contributed by atoms with Gasteiger partial charge in [-0.1, -0.05) is 16.8 Å². The average Bonchev–Trinajstić information content (AvgIpc) is 2.97. The fourth-order valence-corrected chi connectivity index (χ4v) is 2.53. The zero-order chi connectivity index (χ0) is 14.8. The number of hydrogen-bond acceptors (Lipinski definition) is 4. The third-order valence-electron chi connectivity index (χ3n) is 3.51. The van der Waals surface area contributed by atoms with Crippen molar-refractivity contribution in [3.8, 4) is 11.3 Å². The Morgan fingerprint density at radius 2 is 2.19 bits per heavy atom. The topological polar surface area (TPSA) is 58.4 Å². The van der Waals surface area contributed by atoms with E-state index in [1.807, 2.05) is 12.1 Å². The summed E-state index contributed by atoms with van der Waals surface area (Å²) in [7, 11) is 0. The molecule has 0 aliphatic carbocycles. The van der Waals surface area contributed by atoms with Gasteiger partial charge in [0, 0.05) is 42.3 Å². The summed E-state index contributed by atoms with van der Waals surface area (Å²) in [6.45, 7) is 4.23. The van der Waals surface area contributed by atoms with Crippen molar-refractivity contribution in [2.24, 2.45) is 0 Å². The highest BCUT2D eigenvalue weighted by molar-refractivity contribution is 6.30. The molecule has 1 saturated heterocycles. The molecule has 6 heteroatoms. The predicted molar refractivity (Wildman–Crippen MR) is 80.3 cm³/mol. The highest BCUT2D eigenvalue weighted by Gasteiger charge is 2.24. The Labute approximate surface area is 127 Å². The Balaban J connectivity index is 1.78. The number of rotatable bonds is 2. The number of amides is 1. The van der Waals surface area contributed by atoms with Gasteiger partial charge in [-0.3, -0.25) is 4.79 Å². The second-order valence-electron chi connectivity index (χ2n) is 5.19. The van der Waals surface area contributed by atoms with Crippen LogP contribution in [0.4, 0.5) is 0 Å². The first-order valence-corrected chi connectivity index (χ1v) is 7.26. The van der Waals surface area contributed by atoms with Gasteiger partial charge in [-0.15, -0.1) is 0 Å². The first-order valence-electron chi connectivity index (χ1n) is 6.89. The van der Waals surface area contributed by atoms with Crippen molar-refractivity contribution in [2.45, 2.75) is 13.0 Å². The lowest BCUT2D eigenvalue weighted by Crippen LogP contribution is -2.51. The average molecular weight is 306 g/mol. The minimum absolute atomic E-state index is 0.0905. The van der Waals surface area contributed by atoms with Crippen LogP contribution in [0.25, 0.3) is 11.3 Å². The van der Waals surface area contributed by atoms with Crippen molar-refractivity contribution in [2.75, 3.05) is 19.6 Å². The minimum Gasteiger partial charge on any atom is -0.355 e. The van der Waals surface area contributed by atoms with Crippen LogP contribution < -0.4 is 5.32 Å². The van der Waals surface area contributed by atoms with Crippen LogP contribution in [0.15, 0.2) is 34.9 Å². The third-order valence-corrected chi connectivity index (χ3v) is 3.77. The number of nitrogens with zero attached hydrogens (tertiary/aromatic N) is 2. The molecule has 1 unspecified atom stereocenters. The Hall–Kier alpha value is -1.85. The highest BCUT2D eigenvalue weighted by atomic mass is 35.5. The molecule has 1 amide bonds. The molecular formula is C15H16ClN3O2. The van der Waals surface area contributed by atoms with Gasteiger partial charge in [0.2, 0.25) is 0 Å². The van der Waals surface area contributed by atoms with Crippen LogP contribution >= 0.6 is 11.6 Å². The van der Waals surface area contributed by atoms with Crippen LogP contribution in [0.5, 0.6) is 0 Å². The van der Waals surface area contributed by atoms with Crippen LogP contribution in [0.2, 0.25) is 5.02 Å². The van der Waals surface area contributed by atoms with E-state index in [-0.39, 0.29) is 5.91 Å². The SMILES string of the molecule is CC1CN(C(=O)c2cc(-c3ccc(Cl)cc3)on2)CCN1. The van der Waals surface area contributed by atoms with E-state index in [2.05, 4.69) is 17.4 Å². The van der Waals surface area contributed by atoms with Gasteiger partial charge in [-0.2, -0.15) is 0 Å². The van der Waals surface area contributed by atoms with Crippen LogP contribution in [0.1, 0.15) is 17.4 Å². The Morgan fingerprint density at radius 1 is 1.43 bits per heavy atom. The molecule has 1 atom stereocenters. The van der Waals surface area contributed by atoms with E-state index < -0.39 is 0 Å². The van der Waals surface area contributed by atoms with Crippen LogP contribution in [0, 0.1) is 0 Å². The van der Waals surface area contributed by atoms with E-state index >= 15 is 0 Å². The van der Waals surface area contributed by atoms with Gasteiger partial charge in [0.05, 0.1) is 0 Å². The summed E-state index contributed by atoms with van der Waals surface area (Å²) >= 11 is 5.86. The lowest BCUT2D eigenvalue weighted by atomic mass is 10.1. The van der Waals surface area contributed by atoms with Gasteiger partial charge in [-0.25, -0.2) is 0 Å². The molecule has 2 aromatic rings. The van der Waals surface area contributed by atoms with Gasteiger partial charge in [0.1, 0.15) is 0 Å². The number of aromatic nitrogens is 1. The number of carbonyl (C=O) groups excluding carboxylic acids is 1. The smallest absolute Gasteiger partial charge is 0.276 e. The van der Waals surface area contributed by atoms with Gasteiger partial charge in [0.15, 0.2) is 11.5 Å². The fraction of sp³-hybridized carbons (Fsp3) is 0.333. The number of piperazine rings is 1. The van der Waals surface area contributed by atoms with Gasteiger partial charge < -0.3 is 14.7 Å². The summed E-state index contributed by atoms with van der Waals surface area (Å²) in [5.41, 5.74) is 1.19. The molecule has 21 heavy (non-hydrogen) atoms. The maximum Gasteiger partial charge on any atom is 0.276 e. The lowest BCUT2D eigenvalue weighted by Gasteiger charge is -2.31. The van der Waals surface area contributed by atoms with Crippen molar-refractivity contribution in [1.29, 1.82) is 0 Å². The van der Waals surface area contributed by atoms with E-state index in [0.717, 1.165) is 12.1 Å². The molecule has 0 spiro atoms. The summed E-state index contributed by atoms with van der Waals surface area (Å²) in [6, 6.07) is 9.20. The molecule has 2 heterocycles. The van der Waals surface area contributed by atoms with E-state index in [1.54, 1.807) is 23.1 Å². The second-order valence-corrected chi connectivity index (χ2v) is 5.63. The van der Waals surface area contributed by atoms with Crippen molar-refractivity contribution in [3.05, 3.63) is 41.0 Å². The molecule has 1 aromatic heterocycles. The Bertz CT molecular complexity index is 639. The zero-order valence-corrected chi connectivity index (χ0v) is 12.4. The van der Waals surface area contributed by atoms with E-state index in [0.29, 0.717) is 35.6 Å². The zero-order valence-electron chi connectivity index (χ0n) is 11.7. The number of halogens is 1. The predicted octanol–water partition coefficient (Wildman–Crippen LogP) is 2.43. The molecule has 0 radical (unpaired) electrons. The van der Waals surface area contributed by atoms with Crippen molar-refractivity contribution >= 4 is 17.5 Å². The van der Waals surface area contributed by atoms with E-state index in [4.69, 9.17) is 16.1 Å². The number of nitrogens with one attached hydrogen (secondary N) is 1. The van der Waals surface area contributed by atoms with Crippen molar-refractivity contribution in [1.82, 2.24) is 15.4 Å². The van der Waals surface area contributed by atoms with Crippen molar-refractivity contribution < 1.29 is 9.32 Å². The molecule has 1 aromatic carbocycles. The molecule has 1 aliphatic rings. The summed E-state index contributed by atoms with van der Waals surface area (Å²) in [4.78, 5) is 14.2. The molecule has 1 N–H and O–H groups in total. The number of hydrogen-bond donors (Lipinski definition) is 1. The standard InChI is InChI=1S/C15H16ClN3O2/c1-10-9-19(7-6-17-10)15(20)13-8-14(21-18-13)11-2-4-12(16)5-3-11/h2-5,8,10,17H,6-7,9H2,1H3. The molecule has 1 aliphatic heterocycles. The molecule has 5 nitrogen and oxygen atoms in total. The Kier molecular flexibility index (Phi) is 3.94. The molecule has 110 valence electrons. The summed E-state index contributed by atoms with van der Waals surface area (Å²) < 4.78 is 5.27. The first-order chi connectivity index (χ1) is 10.1. The molecule has 0 saturated carbocycles. The van der Waals surface area contributed by atoms with Crippen LogP contribution in [-0.2, 0) is 0 Å². The van der Waals surface area contributed by atoms with Gasteiger partial charge in [0.25, 0.3) is 5.91 Å². The normalized spacial score (nSPS) is 18.8. The molecular weight excluding hydrogens is 290 g/mol. The largest absolute Gasteiger partial charge is 0.355 e. The number of benzene rings is 1. The number of carbonyl (C=O) groups is 1. The molecule has 3 rings (SSSR count). The van der Waals surface area contributed by atoms with E-state index in [9.17, 15) is 4.79 Å². The van der Waals surface area contributed by atoms with Gasteiger partial charge in [-0.05, 0) is 31.2 Å². The van der Waals surface area contributed by atoms with Crippen LogP contribution in [0.3, 0.4) is 0 Å². The first kappa shape index (κ1) is 14.1. The fourth-order valence-electron chi connectivity index (χ4n) is 2.40. The third kappa shape index (κ3) is 3.09. The highest BCUT2D eigenvalue weighted by Crippen LogP contribution is 2.23. The lowest BCUT2D eigenvalue weighted by molar-refractivity contribution is 0.0698. The minimum atomic E-state index is -0.0905. The Morgan fingerprint density at radius 3 is 2.90 bits per heavy atom. The molecule has 0 bridgehead atoms.